The van der Waals surface area contributed by atoms with Gasteiger partial charge in [-0.15, -0.1) is 0 Å². The second-order valence-electron chi connectivity index (χ2n) is 7.74. The van der Waals surface area contributed by atoms with Crippen LogP contribution in [0.4, 0.5) is 0 Å². The molecule has 0 radical (unpaired) electrons. The van der Waals surface area contributed by atoms with Crippen LogP contribution >= 0.6 is 0 Å². The molecule has 0 aliphatic carbocycles. The first kappa shape index (κ1) is 22.3. The van der Waals surface area contributed by atoms with E-state index in [0.717, 1.165) is 37.7 Å². The van der Waals surface area contributed by atoms with Gasteiger partial charge in [0, 0.05) is 31.9 Å². The summed E-state index contributed by atoms with van der Waals surface area (Å²) in [4.78, 5) is 7.54. The van der Waals surface area contributed by atoms with Crippen LogP contribution in [-0.2, 0) is 22.9 Å². The molecule has 3 rings (SSSR count). The molecule has 1 fully saturated rings. The van der Waals surface area contributed by atoms with Crippen LogP contribution in [0.25, 0.3) is 0 Å². The van der Waals surface area contributed by atoms with Crippen LogP contribution in [0.1, 0.15) is 30.9 Å². The lowest BCUT2D eigenvalue weighted by Crippen LogP contribution is -2.44. The zero-order chi connectivity index (χ0) is 21.4. The second-order valence-corrected chi connectivity index (χ2v) is 9.76. The van der Waals surface area contributed by atoms with Gasteiger partial charge in [0.2, 0.25) is 0 Å². The molecule has 1 unspecified atom stereocenters. The molecule has 6 nitrogen and oxygen atoms in total. The van der Waals surface area contributed by atoms with Crippen molar-refractivity contribution in [2.75, 3.05) is 25.9 Å². The lowest BCUT2D eigenvalue weighted by Gasteiger charge is -2.25. The molecule has 30 heavy (non-hydrogen) atoms. The Morgan fingerprint density at radius 1 is 1.07 bits per heavy atom. The molecule has 0 saturated carbocycles. The number of rotatable bonds is 8. The first-order chi connectivity index (χ1) is 14.5. The zero-order valence-corrected chi connectivity index (χ0v) is 18.7. The van der Waals surface area contributed by atoms with Crippen molar-refractivity contribution in [3.63, 3.8) is 0 Å². The third-order valence-electron chi connectivity index (χ3n) is 5.35. The number of aliphatic imine (C=N–C) groups is 1. The van der Waals surface area contributed by atoms with Crippen molar-refractivity contribution in [2.24, 2.45) is 4.99 Å². The third kappa shape index (κ3) is 6.57. The summed E-state index contributed by atoms with van der Waals surface area (Å²) in [5.41, 5.74) is 2.33. The fraction of sp³-hybridized carbons (Fsp3) is 0.435. The van der Waals surface area contributed by atoms with Gasteiger partial charge in [0.25, 0.3) is 0 Å². The Kier molecular flexibility index (Phi) is 7.87. The minimum Gasteiger partial charge on any atom is -0.357 e. The summed E-state index contributed by atoms with van der Waals surface area (Å²) in [7, 11) is -3.17. The number of hydrogen-bond donors (Lipinski definition) is 2. The van der Waals surface area contributed by atoms with Crippen molar-refractivity contribution in [3.8, 4) is 0 Å². The molecule has 1 heterocycles. The molecule has 0 spiro atoms. The monoisotopic (exact) mass is 428 g/mol. The van der Waals surface area contributed by atoms with Gasteiger partial charge >= 0.3 is 0 Å². The highest BCUT2D eigenvalue weighted by molar-refractivity contribution is 7.90. The van der Waals surface area contributed by atoms with E-state index in [9.17, 15) is 8.42 Å². The van der Waals surface area contributed by atoms with Crippen LogP contribution in [0.3, 0.4) is 0 Å². The van der Waals surface area contributed by atoms with E-state index < -0.39 is 9.84 Å². The minimum absolute atomic E-state index is 0.333. The van der Waals surface area contributed by atoms with E-state index in [4.69, 9.17) is 0 Å². The van der Waals surface area contributed by atoms with Gasteiger partial charge in [0.1, 0.15) is 0 Å². The maximum absolute atomic E-state index is 11.6. The van der Waals surface area contributed by atoms with E-state index in [1.807, 2.05) is 12.1 Å². The minimum atomic E-state index is -3.17. The van der Waals surface area contributed by atoms with Crippen LogP contribution in [-0.4, -0.2) is 51.2 Å². The topological polar surface area (TPSA) is 73.8 Å². The highest BCUT2D eigenvalue weighted by Gasteiger charge is 2.24. The molecule has 0 bridgehead atoms. The van der Waals surface area contributed by atoms with Crippen molar-refractivity contribution < 1.29 is 8.42 Å². The molecular formula is C23H32N4O2S. The third-order valence-corrected chi connectivity index (χ3v) is 6.48. The molecule has 1 saturated heterocycles. The zero-order valence-electron chi connectivity index (χ0n) is 17.8. The molecule has 0 amide bonds. The van der Waals surface area contributed by atoms with Gasteiger partial charge in [-0.25, -0.2) is 13.4 Å². The van der Waals surface area contributed by atoms with Crippen LogP contribution in [0.5, 0.6) is 0 Å². The maximum Gasteiger partial charge on any atom is 0.191 e. The fourth-order valence-corrected chi connectivity index (χ4v) is 4.35. The van der Waals surface area contributed by atoms with Gasteiger partial charge in [-0.3, -0.25) is 4.90 Å². The predicted molar refractivity (Wildman–Crippen MR) is 122 cm³/mol. The highest BCUT2D eigenvalue weighted by atomic mass is 32.2. The van der Waals surface area contributed by atoms with Crippen molar-refractivity contribution >= 4 is 15.8 Å². The predicted octanol–water partition coefficient (Wildman–Crippen LogP) is 2.81. The summed E-state index contributed by atoms with van der Waals surface area (Å²) < 4.78 is 23.2. The van der Waals surface area contributed by atoms with Gasteiger partial charge < -0.3 is 10.6 Å². The standard InChI is InChI=1S/C23H32N4O2S/c1-3-24-23(25-16-19-11-13-22(14-12-19)30(2,28)29)26-17-21-10-7-15-27(21)18-20-8-5-4-6-9-20/h4-6,8-9,11-14,21H,3,7,10,15-18H2,1-2H3,(H2,24,25,26). The Hall–Kier alpha value is -2.38. The van der Waals surface area contributed by atoms with Crippen molar-refractivity contribution in [1.29, 1.82) is 0 Å². The summed E-state index contributed by atoms with van der Waals surface area (Å²) in [6.07, 6.45) is 3.63. The van der Waals surface area contributed by atoms with Gasteiger partial charge in [-0.2, -0.15) is 0 Å². The Morgan fingerprint density at radius 3 is 2.47 bits per heavy atom. The molecule has 162 valence electrons. The largest absolute Gasteiger partial charge is 0.357 e. The summed E-state index contributed by atoms with van der Waals surface area (Å²) in [6, 6.07) is 18.0. The first-order valence-electron chi connectivity index (χ1n) is 10.5. The summed E-state index contributed by atoms with van der Waals surface area (Å²) in [6.45, 7) is 6.30. The summed E-state index contributed by atoms with van der Waals surface area (Å²) in [5, 5.41) is 6.79. The SMILES string of the molecule is CCNC(=NCc1ccc(S(C)(=O)=O)cc1)NCC1CCCN1Cc1ccccc1. The molecule has 0 aromatic heterocycles. The quantitative estimate of drug-likeness (QED) is 0.500. The van der Waals surface area contributed by atoms with Gasteiger partial charge in [0.15, 0.2) is 15.8 Å². The van der Waals surface area contributed by atoms with Crippen molar-refractivity contribution in [2.45, 2.75) is 43.8 Å². The van der Waals surface area contributed by atoms with Crippen LogP contribution in [0, 0.1) is 0 Å². The molecule has 7 heteroatoms. The van der Waals surface area contributed by atoms with Gasteiger partial charge in [-0.05, 0) is 49.6 Å². The Balaban J connectivity index is 1.56. The van der Waals surface area contributed by atoms with E-state index in [-0.39, 0.29) is 0 Å². The number of benzene rings is 2. The fourth-order valence-electron chi connectivity index (χ4n) is 3.72. The maximum atomic E-state index is 11.6. The van der Waals surface area contributed by atoms with E-state index in [1.165, 1.54) is 24.7 Å². The molecule has 1 aliphatic rings. The van der Waals surface area contributed by atoms with Crippen LogP contribution in [0.15, 0.2) is 64.5 Å². The molecule has 2 N–H and O–H groups in total. The molecule has 2 aromatic rings. The summed E-state index contributed by atoms with van der Waals surface area (Å²) >= 11 is 0. The molecule has 1 atom stereocenters. The molecule has 2 aromatic carbocycles. The van der Waals surface area contributed by atoms with E-state index in [0.29, 0.717) is 17.5 Å². The van der Waals surface area contributed by atoms with E-state index in [2.05, 4.69) is 57.8 Å². The van der Waals surface area contributed by atoms with Crippen LogP contribution < -0.4 is 10.6 Å². The second kappa shape index (κ2) is 10.6. The Labute approximate surface area is 180 Å². The lowest BCUT2D eigenvalue weighted by molar-refractivity contribution is 0.245. The lowest BCUT2D eigenvalue weighted by atomic mass is 10.2. The van der Waals surface area contributed by atoms with E-state index >= 15 is 0 Å². The Bertz CT molecular complexity index is 927. The number of nitrogens with zero attached hydrogens (tertiary/aromatic N) is 2. The first-order valence-corrected chi connectivity index (χ1v) is 12.4. The Morgan fingerprint density at radius 2 is 1.80 bits per heavy atom. The molecular weight excluding hydrogens is 396 g/mol. The van der Waals surface area contributed by atoms with E-state index in [1.54, 1.807) is 12.1 Å². The van der Waals surface area contributed by atoms with Crippen molar-refractivity contribution in [3.05, 3.63) is 65.7 Å². The smallest absolute Gasteiger partial charge is 0.191 e. The number of likely N-dealkylation sites (tertiary alicyclic amines) is 1. The average Bonchev–Trinajstić information content (AvgIpc) is 3.17. The van der Waals surface area contributed by atoms with Gasteiger partial charge in [-0.1, -0.05) is 42.5 Å². The average molecular weight is 429 g/mol. The number of guanidine groups is 1. The molecule has 1 aliphatic heterocycles. The van der Waals surface area contributed by atoms with Gasteiger partial charge in [0.05, 0.1) is 11.4 Å². The normalized spacial score (nSPS) is 17.8. The number of sulfone groups is 1. The van der Waals surface area contributed by atoms with Crippen molar-refractivity contribution in [1.82, 2.24) is 15.5 Å². The summed E-state index contributed by atoms with van der Waals surface area (Å²) in [5.74, 6) is 0.788. The number of nitrogens with one attached hydrogen (secondary N) is 2. The highest BCUT2D eigenvalue weighted by Crippen LogP contribution is 2.19. The number of hydrogen-bond acceptors (Lipinski definition) is 4. The van der Waals surface area contributed by atoms with Crippen LogP contribution in [0.2, 0.25) is 0 Å².